The molecule has 2 N–H and O–H groups in total. The summed E-state index contributed by atoms with van der Waals surface area (Å²) in [6, 6.07) is 8.65. The van der Waals surface area contributed by atoms with Crippen LogP contribution in [0.2, 0.25) is 0 Å². The highest BCUT2D eigenvalue weighted by atomic mass is 127. The molecule has 0 amide bonds. The van der Waals surface area contributed by atoms with Crippen molar-refractivity contribution in [3.05, 3.63) is 41.5 Å². The molecule has 1 aliphatic rings. The maximum absolute atomic E-state index is 5.44. The molecule has 8 nitrogen and oxygen atoms in total. The number of aromatic nitrogens is 2. The molecule has 178 valence electrons. The molecule has 0 aliphatic carbocycles. The van der Waals surface area contributed by atoms with Gasteiger partial charge in [0.25, 0.3) is 0 Å². The zero-order valence-corrected chi connectivity index (χ0v) is 22.0. The predicted molar refractivity (Wildman–Crippen MR) is 138 cm³/mol. The first-order valence-corrected chi connectivity index (χ1v) is 11.3. The van der Waals surface area contributed by atoms with E-state index < -0.39 is 0 Å². The summed E-state index contributed by atoms with van der Waals surface area (Å²) >= 11 is 0. The van der Waals surface area contributed by atoms with Crippen molar-refractivity contribution >= 4 is 29.9 Å². The number of hydrogen-bond acceptors (Lipinski definition) is 6. The van der Waals surface area contributed by atoms with Crippen molar-refractivity contribution < 1.29 is 9.26 Å². The first kappa shape index (κ1) is 26.4. The number of methoxy groups -OCH3 is 1. The predicted octanol–water partition coefficient (Wildman–Crippen LogP) is 3.75. The number of halogens is 1. The van der Waals surface area contributed by atoms with Crippen LogP contribution in [-0.4, -0.2) is 61.3 Å². The van der Waals surface area contributed by atoms with Crippen molar-refractivity contribution in [1.29, 1.82) is 0 Å². The van der Waals surface area contributed by atoms with Gasteiger partial charge in [0.2, 0.25) is 5.89 Å². The normalized spacial score (nSPS) is 15.5. The SMILES string of the molecule is CN=C(NCCCc1nc(C(C)C)no1)NCC(c1cccc(OC)c1)N1CCCC1.I. The van der Waals surface area contributed by atoms with E-state index >= 15 is 0 Å². The molecule has 0 saturated carbocycles. The molecule has 0 bridgehead atoms. The molecule has 9 heteroatoms. The van der Waals surface area contributed by atoms with Crippen LogP contribution in [0.1, 0.15) is 62.3 Å². The van der Waals surface area contributed by atoms with Crippen LogP contribution in [0.25, 0.3) is 0 Å². The minimum atomic E-state index is 0. The minimum Gasteiger partial charge on any atom is -0.497 e. The third kappa shape index (κ3) is 7.61. The Balaban J connectivity index is 0.00000363. The van der Waals surface area contributed by atoms with Gasteiger partial charge in [-0.15, -0.1) is 24.0 Å². The lowest BCUT2D eigenvalue weighted by molar-refractivity contribution is 0.245. The molecule has 1 atom stereocenters. The molecule has 2 heterocycles. The average Bonchev–Trinajstić information content (AvgIpc) is 3.48. The second-order valence-corrected chi connectivity index (χ2v) is 8.22. The van der Waals surface area contributed by atoms with Crippen LogP contribution in [0, 0.1) is 0 Å². The van der Waals surface area contributed by atoms with E-state index in [1.54, 1.807) is 14.2 Å². The Labute approximate surface area is 208 Å². The Bertz CT molecular complexity index is 835. The Morgan fingerprint density at radius 1 is 1.25 bits per heavy atom. The number of nitrogens with one attached hydrogen (secondary N) is 2. The molecule has 0 spiro atoms. The van der Waals surface area contributed by atoms with Gasteiger partial charge in [-0.25, -0.2) is 0 Å². The van der Waals surface area contributed by atoms with Crippen molar-refractivity contribution in [2.75, 3.05) is 40.3 Å². The zero-order chi connectivity index (χ0) is 22.1. The van der Waals surface area contributed by atoms with Gasteiger partial charge in [-0.3, -0.25) is 9.89 Å². The van der Waals surface area contributed by atoms with E-state index in [-0.39, 0.29) is 35.9 Å². The first-order valence-electron chi connectivity index (χ1n) is 11.3. The second-order valence-electron chi connectivity index (χ2n) is 8.22. The van der Waals surface area contributed by atoms with Crippen LogP contribution in [0.4, 0.5) is 0 Å². The van der Waals surface area contributed by atoms with Crippen LogP contribution in [0.5, 0.6) is 5.75 Å². The lowest BCUT2D eigenvalue weighted by Gasteiger charge is -2.29. The lowest BCUT2D eigenvalue weighted by atomic mass is 10.1. The number of benzene rings is 1. The summed E-state index contributed by atoms with van der Waals surface area (Å²) in [4.78, 5) is 11.4. The highest BCUT2D eigenvalue weighted by Crippen LogP contribution is 2.27. The van der Waals surface area contributed by atoms with Crippen LogP contribution in [-0.2, 0) is 6.42 Å². The molecule has 1 saturated heterocycles. The molecule has 1 fully saturated rings. The number of rotatable bonds is 10. The summed E-state index contributed by atoms with van der Waals surface area (Å²) in [7, 11) is 3.52. The van der Waals surface area contributed by atoms with E-state index in [4.69, 9.17) is 9.26 Å². The van der Waals surface area contributed by atoms with Crippen molar-refractivity contribution in [2.24, 2.45) is 4.99 Å². The number of aliphatic imine (C=N–C) groups is 1. The maximum atomic E-state index is 5.44. The lowest BCUT2D eigenvalue weighted by Crippen LogP contribution is -2.43. The summed E-state index contributed by atoms with van der Waals surface area (Å²) < 4.78 is 10.8. The number of ether oxygens (including phenoxy) is 1. The van der Waals surface area contributed by atoms with E-state index in [1.165, 1.54) is 18.4 Å². The van der Waals surface area contributed by atoms with E-state index in [9.17, 15) is 0 Å². The fourth-order valence-electron chi connectivity index (χ4n) is 3.82. The molecule has 0 radical (unpaired) electrons. The Hall–Kier alpha value is -1.88. The van der Waals surface area contributed by atoms with E-state index in [0.29, 0.717) is 5.89 Å². The van der Waals surface area contributed by atoms with Crippen LogP contribution < -0.4 is 15.4 Å². The largest absolute Gasteiger partial charge is 0.497 e. The zero-order valence-electron chi connectivity index (χ0n) is 19.6. The van der Waals surface area contributed by atoms with Crippen molar-refractivity contribution in [3.63, 3.8) is 0 Å². The Morgan fingerprint density at radius 2 is 2.03 bits per heavy atom. The topological polar surface area (TPSA) is 87.8 Å². The molecule has 32 heavy (non-hydrogen) atoms. The van der Waals surface area contributed by atoms with Gasteiger partial charge in [0.05, 0.1) is 13.2 Å². The summed E-state index contributed by atoms with van der Waals surface area (Å²) in [5.74, 6) is 3.45. The smallest absolute Gasteiger partial charge is 0.226 e. The number of nitrogens with zero attached hydrogens (tertiary/aromatic N) is 4. The van der Waals surface area contributed by atoms with Gasteiger partial charge in [-0.2, -0.15) is 4.98 Å². The molecule has 1 aliphatic heterocycles. The van der Waals surface area contributed by atoms with Crippen LogP contribution in [0.15, 0.2) is 33.8 Å². The van der Waals surface area contributed by atoms with Gasteiger partial charge in [0, 0.05) is 32.5 Å². The first-order chi connectivity index (χ1) is 15.1. The monoisotopic (exact) mass is 556 g/mol. The molecule has 1 aromatic heterocycles. The summed E-state index contributed by atoms with van der Waals surface area (Å²) in [6.45, 7) is 7.94. The second kappa shape index (κ2) is 13.6. The van der Waals surface area contributed by atoms with Gasteiger partial charge >= 0.3 is 0 Å². The van der Waals surface area contributed by atoms with Gasteiger partial charge in [-0.05, 0) is 50.0 Å². The number of guanidine groups is 1. The molecular weight excluding hydrogens is 519 g/mol. The summed E-state index contributed by atoms with van der Waals surface area (Å²) in [5.41, 5.74) is 1.27. The highest BCUT2D eigenvalue weighted by molar-refractivity contribution is 14.0. The summed E-state index contributed by atoms with van der Waals surface area (Å²) in [5, 5.41) is 10.9. The van der Waals surface area contributed by atoms with Gasteiger partial charge < -0.3 is 19.9 Å². The molecular formula is C23H37IN6O2. The standard InChI is InChI=1S/C23H36N6O2.HI/c1-17(2)22-27-21(31-28-22)11-8-12-25-23(24-3)26-16-20(29-13-5-6-14-29)18-9-7-10-19(15-18)30-4;/h7,9-10,15,17,20H,5-6,8,11-14,16H2,1-4H3,(H2,24,25,26);1H. The fraction of sp³-hybridized carbons (Fsp3) is 0.609. The van der Waals surface area contributed by atoms with Crippen molar-refractivity contribution in [1.82, 2.24) is 25.7 Å². The number of hydrogen-bond donors (Lipinski definition) is 2. The fourth-order valence-corrected chi connectivity index (χ4v) is 3.82. The molecule has 2 aromatic rings. The Kier molecular flexibility index (Phi) is 11.2. The van der Waals surface area contributed by atoms with Crippen LogP contribution >= 0.6 is 24.0 Å². The van der Waals surface area contributed by atoms with E-state index in [0.717, 1.165) is 56.6 Å². The van der Waals surface area contributed by atoms with Crippen LogP contribution in [0.3, 0.4) is 0 Å². The average molecular weight is 556 g/mol. The van der Waals surface area contributed by atoms with Crippen molar-refractivity contribution in [2.45, 2.75) is 51.5 Å². The van der Waals surface area contributed by atoms with E-state index in [2.05, 4.69) is 62.7 Å². The van der Waals surface area contributed by atoms with Gasteiger partial charge in [0.1, 0.15) is 5.75 Å². The summed E-state index contributed by atoms with van der Waals surface area (Å²) in [6.07, 6.45) is 4.15. The maximum Gasteiger partial charge on any atom is 0.226 e. The van der Waals surface area contributed by atoms with Crippen molar-refractivity contribution in [3.8, 4) is 5.75 Å². The number of likely N-dealkylation sites (tertiary alicyclic amines) is 1. The molecule has 1 unspecified atom stereocenters. The van der Waals surface area contributed by atoms with Gasteiger partial charge in [-0.1, -0.05) is 31.1 Å². The third-order valence-electron chi connectivity index (χ3n) is 5.61. The van der Waals surface area contributed by atoms with Gasteiger partial charge in [0.15, 0.2) is 11.8 Å². The third-order valence-corrected chi connectivity index (χ3v) is 5.61. The molecule has 1 aromatic carbocycles. The highest BCUT2D eigenvalue weighted by Gasteiger charge is 2.24. The molecule has 3 rings (SSSR count). The Morgan fingerprint density at radius 3 is 2.69 bits per heavy atom. The quantitative estimate of drug-likeness (QED) is 0.200. The number of aryl methyl sites for hydroxylation is 1. The minimum absolute atomic E-state index is 0. The van der Waals surface area contributed by atoms with E-state index in [1.807, 2.05) is 6.07 Å².